The molecule has 1 aliphatic carbocycles. The van der Waals surface area contributed by atoms with Gasteiger partial charge in [-0.05, 0) is 18.3 Å². The van der Waals surface area contributed by atoms with Gasteiger partial charge < -0.3 is 15.6 Å². The molecule has 0 bridgehead atoms. The topological polar surface area (TPSA) is 55.5 Å². The van der Waals surface area contributed by atoms with Crippen molar-refractivity contribution in [3.8, 4) is 0 Å². The van der Waals surface area contributed by atoms with Gasteiger partial charge in [0.15, 0.2) is 0 Å². The summed E-state index contributed by atoms with van der Waals surface area (Å²) < 4.78 is 5.49. The van der Waals surface area contributed by atoms with Gasteiger partial charge in [0, 0.05) is 0 Å². The summed E-state index contributed by atoms with van der Waals surface area (Å²) in [6, 6.07) is -0.210. The van der Waals surface area contributed by atoms with Gasteiger partial charge in [0.05, 0.1) is 25.4 Å². The molecule has 1 unspecified atom stereocenters. The molecule has 0 radical (unpaired) electrons. The molecule has 3 nitrogen and oxygen atoms in total. The summed E-state index contributed by atoms with van der Waals surface area (Å²) in [7, 11) is 0. The van der Waals surface area contributed by atoms with E-state index in [1.165, 1.54) is 0 Å². The number of hydrogen-bond acceptors (Lipinski definition) is 3. The van der Waals surface area contributed by atoms with Crippen molar-refractivity contribution < 1.29 is 9.84 Å². The first-order valence-electron chi connectivity index (χ1n) is 4.63. The van der Waals surface area contributed by atoms with Crippen LogP contribution in [0.15, 0.2) is 0 Å². The Labute approximate surface area is 73.9 Å². The van der Waals surface area contributed by atoms with Crippen molar-refractivity contribution in [3.63, 3.8) is 0 Å². The van der Waals surface area contributed by atoms with E-state index in [1.54, 1.807) is 0 Å². The van der Waals surface area contributed by atoms with Gasteiger partial charge in [-0.2, -0.15) is 0 Å². The average molecular weight is 173 g/mol. The maximum absolute atomic E-state index is 8.64. The lowest BCUT2D eigenvalue weighted by atomic mass is 10.1. The molecule has 3 heteroatoms. The summed E-state index contributed by atoms with van der Waals surface area (Å²) in [5, 5.41) is 8.64. The van der Waals surface area contributed by atoms with Gasteiger partial charge in [-0.3, -0.25) is 0 Å². The maximum Gasteiger partial charge on any atom is 0.0643 e. The third-order valence-corrected chi connectivity index (χ3v) is 2.39. The number of hydrogen-bond donors (Lipinski definition) is 2. The van der Waals surface area contributed by atoms with Crippen LogP contribution in [-0.4, -0.2) is 30.5 Å². The zero-order valence-electron chi connectivity index (χ0n) is 7.86. The fourth-order valence-electron chi connectivity index (χ4n) is 1.38. The largest absolute Gasteiger partial charge is 0.395 e. The van der Waals surface area contributed by atoms with Crippen molar-refractivity contribution >= 4 is 0 Å². The highest BCUT2D eigenvalue weighted by Crippen LogP contribution is 2.39. The number of aliphatic hydroxyl groups excluding tert-OH is 1. The van der Waals surface area contributed by atoms with E-state index in [0.717, 1.165) is 12.3 Å². The Morgan fingerprint density at radius 1 is 1.58 bits per heavy atom. The monoisotopic (exact) mass is 173 g/mol. The molecule has 0 heterocycles. The Morgan fingerprint density at radius 3 is 2.67 bits per heavy atom. The van der Waals surface area contributed by atoms with Crippen molar-refractivity contribution in [1.82, 2.24) is 0 Å². The highest BCUT2D eigenvalue weighted by Gasteiger charge is 2.40. The van der Waals surface area contributed by atoms with Gasteiger partial charge in [-0.25, -0.2) is 0 Å². The van der Waals surface area contributed by atoms with Crippen LogP contribution in [0.3, 0.4) is 0 Å². The third-order valence-electron chi connectivity index (χ3n) is 2.39. The molecule has 3 atom stereocenters. The molecular weight excluding hydrogens is 154 g/mol. The molecule has 0 aromatic carbocycles. The second kappa shape index (κ2) is 4.21. The van der Waals surface area contributed by atoms with Crippen LogP contribution < -0.4 is 5.73 Å². The van der Waals surface area contributed by atoms with Gasteiger partial charge in [-0.1, -0.05) is 13.8 Å². The van der Waals surface area contributed by atoms with Gasteiger partial charge in [0.25, 0.3) is 0 Å². The zero-order valence-corrected chi connectivity index (χ0v) is 7.86. The first-order valence-corrected chi connectivity index (χ1v) is 4.63. The minimum Gasteiger partial charge on any atom is -0.395 e. The van der Waals surface area contributed by atoms with Crippen LogP contribution in [0.2, 0.25) is 0 Å². The van der Waals surface area contributed by atoms with E-state index in [0.29, 0.717) is 18.6 Å². The molecule has 1 saturated carbocycles. The summed E-state index contributed by atoms with van der Waals surface area (Å²) >= 11 is 0. The molecule has 72 valence electrons. The third kappa shape index (κ3) is 2.73. The summed E-state index contributed by atoms with van der Waals surface area (Å²) in [6.07, 6.45) is 1.57. The van der Waals surface area contributed by atoms with E-state index in [-0.39, 0.29) is 12.6 Å². The van der Waals surface area contributed by atoms with Crippen LogP contribution in [0, 0.1) is 11.8 Å². The van der Waals surface area contributed by atoms with Crippen molar-refractivity contribution in [2.24, 2.45) is 17.6 Å². The molecule has 1 aliphatic rings. The minimum atomic E-state index is -0.210. The normalized spacial score (nSPS) is 30.8. The van der Waals surface area contributed by atoms with E-state index >= 15 is 0 Å². The quantitative estimate of drug-likeness (QED) is 0.631. The van der Waals surface area contributed by atoms with E-state index in [2.05, 4.69) is 13.8 Å². The molecular formula is C9H19NO2. The van der Waals surface area contributed by atoms with Crippen molar-refractivity contribution in [2.75, 3.05) is 13.2 Å². The second-order valence-corrected chi connectivity index (χ2v) is 3.96. The summed E-state index contributed by atoms with van der Waals surface area (Å²) in [5.41, 5.74) is 5.50. The molecule has 1 fully saturated rings. The van der Waals surface area contributed by atoms with Gasteiger partial charge in [0.2, 0.25) is 0 Å². The van der Waals surface area contributed by atoms with E-state index in [1.807, 2.05) is 0 Å². The molecule has 12 heavy (non-hydrogen) atoms. The van der Waals surface area contributed by atoms with Gasteiger partial charge in [-0.15, -0.1) is 0 Å². The van der Waals surface area contributed by atoms with Crippen LogP contribution in [0.1, 0.15) is 20.3 Å². The van der Waals surface area contributed by atoms with Gasteiger partial charge in [0.1, 0.15) is 0 Å². The fraction of sp³-hybridized carbons (Fsp3) is 1.00. The minimum absolute atomic E-state index is 0.0130. The van der Waals surface area contributed by atoms with Crippen molar-refractivity contribution in [3.05, 3.63) is 0 Å². The van der Waals surface area contributed by atoms with Crippen LogP contribution in [-0.2, 0) is 4.74 Å². The lowest BCUT2D eigenvalue weighted by Gasteiger charge is -2.09. The Balaban J connectivity index is 2.04. The standard InChI is InChI=1S/C9H19NO2/c1-6(2)8-3-9(8)12-5-7(10)4-11/h6-9,11H,3-5,10H2,1-2H3/t7?,8-,9+/m1/s1. The Bertz CT molecular complexity index is 138. The molecule has 3 N–H and O–H groups in total. The predicted octanol–water partition coefficient (Wildman–Crippen LogP) is 0.367. The number of ether oxygens (including phenoxy) is 1. The highest BCUT2D eigenvalue weighted by atomic mass is 16.5. The lowest BCUT2D eigenvalue weighted by molar-refractivity contribution is 0.0767. The van der Waals surface area contributed by atoms with Crippen LogP contribution in [0.5, 0.6) is 0 Å². The Kier molecular flexibility index (Phi) is 3.50. The molecule has 0 aliphatic heterocycles. The summed E-state index contributed by atoms with van der Waals surface area (Å²) in [4.78, 5) is 0. The Morgan fingerprint density at radius 2 is 2.25 bits per heavy atom. The van der Waals surface area contributed by atoms with Crippen LogP contribution in [0.25, 0.3) is 0 Å². The predicted molar refractivity (Wildman–Crippen MR) is 47.7 cm³/mol. The van der Waals surface area contributed by atoms with E-state index < -0.39 is 0 Å². The summed E-state index contributed by atoms with van der Waals surface area (Å²) in [6.45, 7) is 4.92. The highest BCUT2D eigenvalue weighted by molar-refractivity contribution is 4.90. The van der Waals surface area contributed by atoms with Gasteiger partial charge >= 0.3 is 0 Å². The van der Waals surface area contributed by atoms with E-state index in [9.17, 15) is 0 Å². The SMILES string of the molecule is CC(C)[C@H]1C[C@@H]1OCC(N)CO. The maximum atomic E-state index is 8.64. The number of nitrogens with two attached hydrogens (primary N) is 1. The second-order valence-electron chi connectivity index (χ2n) is 3.96. The first kappa shape index (κ1) is 9.96. The van der Waals surface area contributed by atoms with Crippen molar-refractivity contribution in [2.45, 2.75) is 32.4 Å². The first-order chi connectivity index (χ1) is 5.65. The average Bonchev–Trinajstić information content (AvgIpc) is 2.79. The van der Waals surface area contributed by atoms with Crippen LogP contribution in [0.4, 0.5) is 0 Å². The molecule has 0 aromatic heterocycles. The van der Waals surface area contributed by atoms with Crippen molar-refractivity contribution in [1.29, 1.82) is 0 Å². The molecule has 0 amide bonds. The fourth-order valence-corrected chi connectivity index (χ4v) is 1.38. The molecule has 0 aromatic rings. The summed E-state index contributed by atoms with van der Waals surface area (Å²) in [5.74, 6) is 1.43. The zero-order chi connectivity index (χ0) is 9.14. The Hall–Kier alpha value is -0.120. The molecule has 1 rings (SSSR count). The van der Waals surface area contributed by atoms with E-state index in [4.69, 9.17) is 15.6 Å². The lowest BCUT2D eigenvalue weighted by Crippen LogP contribution is -2.30. The number of aliphatic hydroxyl groups is 1. The number of rotatable bonds is 5. The molecule has 0 saturated heterocycles. The molecule has 0 spiro atoms. The smallest absolute Gasteiger partial charge is 0.0643 e. The van der Waals surface area contributed by atoms with Crippen LogP contribution >= 0.6 is 0 Å².